The van der Waals surface area contributed by atoms with E-state index in [4.69, 9.17) is 0 Å². The Hall–Kier alpha value is -2.91. The maximum atomic E-state index is 12.9. The van der Waals surface area contributed by atoms with Crippen molar-refractivity contribution >= 4 is 45.2 Å². The molecule has 3 aromatic rings. The molecule has 0 aliphatic rings. The summed E-state index contributed by atoms with van der Waals surface area (Å²) in [7, 11) is 0. The second-order valence-electron chi connectivity index (χ2n) is 9.05. The predicted octanol–water partition coefficient (Wildman–Crippen LogP) is 6.01. The maximum Gasteiger partial charge on any atom is 0.251 e. The Bertz CT molecular complexity index is 1250. The lowest BCUT2D eigenvalue weighted by Crippen LogP contribution is -2.33. The highest BCUT2D eigenvalue weighted by Gasteiger charge is 2.26. The van der Waals surface area contributed by atoms with Crippen LogP contribution < -0.4 is 10.6 Å². The van der Waals surface area contributed by atoms with Gasteiger partial charge in [-0.25, -0.2) is 0 Å². The van der Waals surface area contributed by atoms with Crippen LogP contribution in [0.2, 0.25) is 0 Å². The number of carbonyl (C=O) groups excluding carboxylic acids is 2. The van der Waals surface area contributed by atoms with Crippen molar-refractivity contribution in [3.63, 3.8) is 0 Å². The van der Waals surface area contributed by atoms with Gasteiger partial charge in [-0.2, -0.15) is 0 Å². The summed E-state index contributed by atoms with van der Waals surface area (Å²) in [6.07, 6.45) is 1.75. The van der Waals surface area contributed by atoms with Crippen LogP contribution in [0.1, 0.15) is 52.8 Å². The van der Waals surface area contributed by atoms with Gasteiger partial charge in [0, 0.05) is 16.6 Å². The zero-order valence-corrected chi connectivity index (χ0v) is 23.7. The van der Waals surface area contributed by atoms with Crippen LogP contribution in [0.15, 0.2) is 58.7 Å². The number of amides is 2. The third-order valence-electron chi connectivity index (χ3n) is 5.79. The van der Waals surface area contributed by atoms with E-state index in [1.54, 1.807) is 6.08 Å². The highest BCUT2D eigenvalue weighted by Crippen LogP contribution is 2.28. The summed E-state index contributed by atoms with van der Waals surface area (Å²) >= 11 is 4.81. The number of hydrogen-bond donors (Lipinski definition) is 2. The molecule has 0 radical (unpaired) electrons. The van der Waals surface area contributed by atoms with Crippen molar-refractivity contribution in [2.75, 3.05) is 11.1 Å². The fourth-order valence-electron chi connectivity index (χ4n) is 3.59. The van der Waals surface area contributed by atoms with Crippen molar-refractivity contribution in [3.8, 4) is 0 Å². The first-order valence-corrected chi connectivity index (χ1v) is 13.5. The minimum atomic E-state index is -0.360. The van der Waals surface area contributed by atoms with Crippen molar-refractivity contribution in [2.24, 2.45) is 5.92 Å². The van der Waals surface area contributed by atoms with E-state index in [2.05, 4.69) is 43.3 Å². The van der Waals surface area contributed by atoms with Crippen molar-refractivity contribution < 1.29 is 9.59 Å². The van der Waals surface area contributed by atoms with E-state index in [1.165, 1.54) is 11.8 Å². The van der Waals surface area contributed by atoms with Crippen molar-refractivity contribution in [1.82, 2.24) is 20.1 Å². The van der Waals surface area contributed by atoms with Gasteiger partial charge in [-0.3, -0.25) is 9.59 Å². The molecule has 0 spiro atoms. The molecule has 36 heavy (non-hydrogen) atoms. The molecule has 7 nitrogen and oxygen atoms in total. The number of rotatable bonds is 10. The summed E-state index contributed by atoms with van der Waals surface area (Å²) in [5.74, 6) is 0.540. The van der Waals surface area contributed by atoms with Crippen LogP contribution >= 0.6 is 27.7 Å². The number of nitrogens with zero attached hydrogens (tertiary/aromatic N) is 3. The highest BCUT2D eigenvalue weighted by molar-refractivity contribution is 9.10. The van der Waals surface area contributed by atoms with Gasteiger partial charge >= 0.3 is 0 Å². The smallest absolute Gasteiger partial charge is 0.251 e. The summed E-state index contributed by atoms with van der Waals surface area (Å²) in [6, 6.07) is 11.0. The average molecular weight is 571 g/mol. The van der Waals surface area contributed by atoms with Gasteiger partial charge in [0.2, 0.25) is 5.91 Å². The van der Waals surface area contributed by atoms with Gasteiger partial charge in [0.1, 0.15) is 0 Å². The number of anilines is 1. The lowest BCUT2D eigenvalue weighted by atomic mass is 10.0. The molecule has 2 amide bonds. The summed E-state index contributed by atoms with van der Waals surface area (Å²) < 4.78 is 2.74. The molecule has 3 rings (SSSR count). The van der Waals surface area contributed by atoms with Gasteiger partial charge in [-0.05, 0) is 78.0 Å². The van der Waals surface area contributed by atoms with E-state index < -0.39 is 0 Å². The zero-order valence-electron chi connectivity index (χ0n) is 21.3. The van der Waals surface area contributed by atoms with E-state index in [1.807, 2.05) is 75.6 Å². The van der Waals surface area contributed by atoms with Crippen LogP contribution in [-0.4, -0.2) is 32.3 Å². The number of thioether (sulfide) groups is 1. The molecule has 2 N–H and O–H groups in total. The third kappa shape index (κ3) is 6.85. The van der Waals surface area contributed by atoms with Crippen LogP contribution in [0.4, 0.5) is 5.69 Å². The van der Waals surface area contributed by atoms with E-state index in [-0.39, 0.29) is 29.5 Å². The van der Waals surface area contributed by atoms with Crippen LogP contribution in [0.3, 0.4) is 0 Å². The number of nitrogens with one attached hydrogen (secondary N) is 2. The Morgan fingerprint density at radius 1 is 1.11 bits per heavy atom. The molecule has 1 heterocycles. The van der Waals surface area contributed by atoms with Gasteiger partial charge in [-0.1, -0.05) is 49.4 Å². The number of benzene rings is 2. The standard InChI is InChI=1S/C27H32BrN5O2S/c1-7-12-33-25(24(16(2)3)30-26(35)20-10-8-17(4)9-11-20)31-32-27(33)36-15-23(34)29-22-14-19(6)18(5)13-21(22)28/h7-11,13-14,16,24H,1,12,15H2,2-6H3,(H,29,34)(H,30,35)/t24-/m1/s1. The van der Waals surface area contributed by atoms with Crippen LogP contribution in [0.5, 0.6) is 0 Å². The second-order valence-corrected chi connectivity index (χ2v) is 10.9. The van der Waals surface area contributed by atoms with E-state index >= 15 is 0 Å². The number of allylic oxidation sites excluding steroid dienone is 1. The molecule has 1 atom stereocenters. The summed E-state index contributed by atoms with van der Waals surface area (Å²) in [5, 5.41) is 15.4. The first kappa shape index (κ1) is 27.7. The average Bonchev–Trinajstić information content (AvgIpc) is 3.22. The molecule has 0 fully saturated rings. The maximum absolute atomic E-state index is 12.9. The molecule has 0 saturated heterocycles. The molecule has 0 aliphatic heterocycles. The molecule has 0 aliphatic carbocycles. The lowest BCUT2D eigenvalue weighted by molar-refractivity contribution is -0.113. The van der Waals surface area contributed by atoms with Gasteiger partial charge in [0.05, 0.1) is 17.5 Å². The molecule has 0 saturated carbocycles. The highest BCUT2D eigenvalue weighted by atomic mass is 79.9. The molecular weight excluding hydrogens is 538 g/mol. The SMILES string of the molecule is C=CCn1c(SCC(=O)Nc2cc(C)c(C)cc2Br)nnc1[C@H](NC(=O)c1ccc(C)cc1)C(C)C. The minimum Gasteiger partial charge on any atom is -0.342 e. The minimum absolute atomic E-state index is 0.0652. The molecule has 1 aromatic heterocycles. The van der Waals surface area contributed by atoms with Crippen molar-refractivity contribution in [1.29, 1.82) is 0 Å². The van der Waals surface area contributed by atoms with Crippen LogP contribution in [0, 0.1) is 26.7 Å². The quantitative estimate of drug-likeness (QED) is 0.230. The molecule has 9 heteroatoms. The van der Waals surface area contributed by atoms with Crippen LogP contribution in [0.25, 0.3) is 0 Å². The number of halogens is 1. The zero-order chi connectivity index (χ0) is 26.4. The Labute approximate surface area is 225 Å². The van der Waals surface area contributed by atoms with Crippen LogP contribution in [-0.2, 0) is 11.3 Å². The number of aromatic nitrogens is 3. The van der Waals surface area contributed by atoms with Gasteiger partial charge in [-0.15, -0.1) is 16.8 Å². The first-order valence-electron chi connectivity index (χ1n) is 11.7. The first-order chi connectivity index (χ1) is 17.1. The van der Waals surface area contributed by atoms with Crippen molar-refractivity contribution in [2.45, 2.75) is 52.4 Å². The fraction of sp³-hybridized carbons (Fsp3) is 0.333. The summed E-state index contributed by atoms with van der Waals surface area (Å²) in [6.45, 7) is 14.4. The molecular formula is C27H32BrN5O2S. The molecule has 190 valence electrons. The summed E-state index contributed by atoms with van der Waals surface area (Å²) in [4.78, 5) is 25.6. The topological polar surface area (TPSA) is 88.9 Å². The predicted molar refractivity (Wildman–Crippen MR) is 149 cm³/mol. The van der Waals surface area contributed by atoms with E-state index in [0.717, 1.165) is 26.9 Å². The van der Waals surface area contributed by atoms with Gasteiger partial charge in [0.15, 0.2) is 11.0 Å². The summed E-state index contributed by atoms with van der Waals surface area (Å²) in [5.41, 5.74) is 4.66. The Kier molecular flexibility index (Phi) is 9.50. The monoisotopic (exact) mass is 569 g/mol. The van der Waals surface area contributed by atoms with E-state index in [0.29, 0.717) is 23.1 Å². The normalized spacial score (nSPS) is 11.9. The molecule has 0 unspecified atom stereocenters. The number of hydrogen-bond acceptors (Lipinski definition) is 5. The van der Waals surface area contributed by atoms with E-state index in [9.17, 15) is 9.59 Å². The van der Waals surface area contributed by atoms with Crippen molar-refractivity contribution in [3.05, 3.63) is 81.6 Å². The second kappa shape index (κ2) is 12.4. The number of carbonyl (C=O) groups is 2. The van der Waals surface area contributed by atoms with Gasteiger partial charge < -0.3 is 15.2 Å². The third-order valence-corrected chi connectivity index (χ3v) is 7.42. The molecule has 2 aromatic carbocycles. The Morgan fingerprint density at radius 2 is 1.78 bits per heavy atom. The van der Waals surface area contributed by atoms with Gasteiger partial charge in [0.25, 0.3) is 5.91 Å². The number of aryl methyl sites for hydroxylation is 3. The Morgan fingerprint density at radius 3 is 2.42 bits per heavy atom. The lowest BCUT2D eigenvalue weighted by Gasteiger charge is -2.22. The molecule has 0 bridgehead atoms. The Balaban J connectivity index is 1.75. The largest absolute Gasteiger partial charge is 0.342 e. The fourth-order valence-corrected chi connectivity index (χ4v) is 4.90.